The van der Waals surface area contributed by atoms with Crippen molar-refractivity contribution in [1.82, 2.24) is 0 Å². The van der Waals surface area contributed by atoms with Crippen molar-refractivity contribution >= 4 is 11.8 Å². The molecule has 1 aromatic carbocycles. The average molecular weight is 272 g/mol. The van der Waals surface area contributed by atoms with Crippen LogP contribution in [0, 0.1) is 0 Å². The fraction of sp³-hybridized carbons (Fsp3) is 0.385. The van der Waals surface area contributed by atoms with Gasteiger partial charge >= 0.3 is 11.9 Å². The van der Waals surface area contributed by atoms with Crippen LogP contribution in [0.3, 0.4) is 0 Å². The molecule has 6 heteroatoms. The molecule has 19 heavy (non-hydrogen) atoms. The number of ether oxygens (including phenoxy) is 2. The van der Waals surface area contributed by atoms with E-state index in [1.165, 1.54) is 26.2 Å². The van der Waals surface area contributed by atoms with Crippen LogP contribution in [0.5, 0.6) is 5.75 Å². The minimum atomic E-state index is -4.13. The van der Waals surface area contributed by atoms with Crippen molar-refractivity contribution in [2.24, 2.45) is 0 Å². The summed E-state index contributed by atoms with van der Waals surface area (Å²) in [6, 6.07) is 6.15. The number of carbonyl (C=O) groups excluding carboxylic acids is 2. The first-order chi connectivity index (χ1) is 8.91. The van der Waals surface area contributed by atoms with Gasteiger partial charge in [-0.25, -0.2) is 4.79 Å². The van der Waals surface area contributed by atoms with E-state index in [1.807, 2.05) is 0 Å². The Labute approximate surface area is 109 Å². The third-order valence-electron chi connectivity index (χ3n) is 2.38. The second-order valence-electron chi connectivity index (χ2n) is 3.75. The van der Waals surface area contributed by atoms with E-state index in [1.54, 1.807) is 12.1 Å². The summed E-state index contributed by atoms with van der Waals surface area (Å²) in [4.78, 5) is 22.5. The highest BCUT2D eigenvalue weighted by Gasteiger charge is 2.48. The monoisotopic (exact) mass is 272 g/mol. The Balaban J connectivity index is 2.80. The molecule has 1 rings (SSSR count). The number of ketones is 1. The molecule has 0 amide bonds. The zero-order valence-corrected chi connectivity index (χ0v) is 10.6. The first-order valence-corrected chi connectivity index (χ1v) is 5.63. The minimum absolute atomic E-state index is 0.207. The Hall–Kier alpha value is -1.98. The van der Waals surface area contributed by atoms with Gasteiger partial charge in [0.05, 0.1) is 13.7 Å². The number of benzene rings is 1. The van der Waals surface area contributed by atoms with Crippen molar-refractivity contribution in [3.8, 4) is 5.75 Å². The number of hydrogen-bond acceptors (Lipinski definition) is 4. The Bertz CT molecular complexity index is 471. The normalized spacial score (nSPS) is 10.9. The van der Waals surface area contributed by atoms with Gasteiger partial charge in [-0.15, -0.1) is 0 Å². The summed E-state index contributed by atoms with van der Waals surface area (Å²) in [5, 5.41) is 0. The molecule has 0 bridgehead atoms. The zero-order valence-electron chi connectivity index (χ0n) is 10.6. The first-order valence-electron chi connectivity index (χ1n) is 5.63. The SMILES string of the molecule is CCOC(=O)C(F)(F)C(=O)Cc1cccc(OC)c1. The molecule has 0 heterocycles. The van der Waals surface area contributed by atoms with Gasteiger partial charge in [-0.2, -0.15) is 8.78 Å². The van der Waals surface area contributed by atoms with Gasteiger partial charge in [0.25, 0.3) is 0 Å². The van der Waals surface area contributed by atoms with E-state index < -0.39 is 24.1 Å². The molecule has 4 nitrogen and oxygen atoms in total. The highest BCUT2D eigenvalue weighted by molar-refractivity contribution is 6.06. The lowest BCUT2D eigenvalue weighted by Gasteiger charge is -2.13. The number of alkyl halides is 2. The number of halogens is 2. The number of Topliss-reactive ketones (excluding diaryl/α,β-unsaturated/α-hetero) is 1. The lowest BCUT2D eigenvalue weighted by molar-refractivity contribution is -0.176. The van der Waals surface area contributed by atoms with Gasteiger partial charge in [-0.3, -0.25) is 4.79 Å². The standard InChI is InChI=1S/C13H14F2O4/c1-3-19-12(17)13(14,15)11(16)8-9-5-4-6-10(7-9)18-2/h4-7H,3,8H2,1-2H3. The molecule has 0 aliphatic heterocycles. The van der Waals surface area contributed by atoms with E-state index in [4.69, 9.17) is 4.74 Å². The molecule has 0 radical (unpaired) electrons. The summed E-state index contributed by atoms with van der Waals surface area (Å²) in [7, 11) is 1.42. The molecule has 0 spiro atoms. The molecule has 1 aromatic rings. The molecule has 0 saturated carbocycles. The first kappa shape index (κ1) is 15.1. The van der Waals surface area contributed by atoms with Gasteiger partial charge in [-0.1, -0.05) is 12.1 Å². The van der Waals surface area contributed by atoms with Crippen LogP contribution in [0.2, 0.25) is 0 Å². The maximum absolute atomic E-state index is 13.4. The number of rotatable bonds is 6. The van der Waals surface area contributed by atoms with E-state index >= 15 is 0 Å². The predicted octanol–water partition coefficient (Wildman–Crippen LogP) is 2.01. The van der Waals surface area contributed by atoms with E-state index in [0.29, 0.717) is 11.3 Å². The third-order valence-corrected chi connectivity index (χ3v) is 2.38. The number of methoxy groups -OCH3 is 1. The van der Waals surface area contributed by atoms with E-state index in [-0.39, 0.29) is 6.61 Å². The van der Waals surface area contributed by atoms with Crippen molar-refractivity contribution in [2.75, 3.05) is 13.7 Å². The van der Waals surface area contributed by atoms with Gasteiger partial charge in [0.2, 0.25) is 5.78 Å². The van der Waals surface area contributed by atoms with Crippen molar-refractivity contribution in [3.05, 3.63) is 29.8 Å². The summed E-state index contributed by atoms with van der Waals surface area (Å²) in [5.41, 5.74) is 0.341. The molecule has 0 unspecified atom stereocenters. The van der Waals surface area contributed by atoms with Crippen molar-refractivity contribution in [1.29, 1.82) is 0 Å². The minimum Gasteiger partial charge on any atom is -0.497 e. The van der Waals surface area contributed by atoms with E-state index in [2.05, 4.69) is 4.74 Å². The van der Waals surface area contributed by atoms with Gasteiger partial charge in [0.1, 0.15) is 5.75 Å². The molecule has 0 aliphatic rings. The molecule has 0 fully saturated rings. The lowest BCUT2D eigenvalue weighted by atomic mass is 10.0. The quantitative estimate of drug-likeness (QED) is 0.587. The number of esters is 1. The molecule has 104 valence electrons. The van der Waals surface area contributed by atoms with Gasteiger partial charge < -0.3 is 9.47 Å². The molecule has 0 saturated heterocycles. The van der Waals surface area contributed by atoms with Crippen LogP contribution in [0.1, 0.15) is 12.5 Å². The second kappa shape index (κ2) is 6.26. The van der Waals surface area contributed by atoms with Crippen LogP contribution in [0.15, 0.2) is 24.3 Å². The number of carbonyl (C=O) groups is 2. The Morgan fingerprint density at radius 1 is 1.32 bits per heavy atom. The highest BCUT2D eigenvalue weighted by atomic mass is 19.3. The largest absolute Gasteiger partial charge is 0.497 e. The maximum atomic E-state index is 13.4. The summed E-state index contributed by atoms with van der Waals surface area (Å²) in [6.45, 7) is 1.18. The molecule has 0 aromatic heterocycles. The van der Waals surface area contributed by atoms with Gasteiger partial charge in [0, 0.05) is 6.42 Å². The molecular weight excluding hydrogens is 258 g/mol. The fourth-order valence-electron chi connectivity index (χ4n) is 1.41. The van der Waals surface area contributed by atoms with Crippen LogP contribution < -0.4 is 4.74 Å². The average Bonchev–Trinajstić information content (AvgIpc) is 2.39. The smallest absolute Gasteiger partial charge is 0.400 e. The Morgan fingerprint density at radius 2 is 2.00 bits per heavy atom. The lowest BCUT2D eigenvalue weighted by Crippen LogP contribution is -2.40. The van der Waals surface area contributed by atoms with Crippen molar-refractivity contribution in [2.45, 2.75) is 19.3 Å². The Morgan fingerprint density at radius 3 is 2.58 bits per heavy atom. The highest BCUT2D eigenvalue weighted by Crippen LogP contribution is 2.21. The summed E-state index contributed by atoms with van der Waals surface area (Å²) < 4.78 is 35.9. The molecule has 0 aliphatic carbocycles. The molecule has 0 N–H and O–H groups in total. The predicted molar refractivity (Wildman–Crippen MR) is 63.3 cm³/mol. The van der Waals surface area contributed by atoms with Gasteiger partial charge in [-0.05, 0) is 24.6 Å². The zero-order chi connectivity index (χ0) is 14.5. The maximum Gasteiger partial charge on any atom is 0.400 e. The summed E-state index contributed by atoms with van der Waals surface area (Å²) >= 11 is 0. The van der Waals surface area contributed by atoms with Gasteiger partial charge in [0.15, 0.2) is 0 Å². The van der Waals surface area contributed by atoms with Crippen LogP contribution >= 0.6 is 0 Å². The van der Waals surface area contributed by atoms with E-state index in [9.17, 15) is 18.4 Å². The van der Waals surface area contributed by atoms with Crippen LogP contribution in [-0.2, 0) is 20.7 Å². The fourth-order valence-corrected chi connectivity index (χ4v) is 1.41. The Kier molecular flexibility index (Phi) is 4.97. The van der Waals surface area contributed by atoms with Crippen molar-refractivity contribution < 1.29 is 27.8 Å². The summed E-state index contributed by atoms with van der Waals surface area (Å²) in [5.74, 6) is -6.99. The van der Waals surface area contributed by atoms with Crippen LogP contribution in [-0.4, -0.2) is 31.4 Å². The molecular formula is C13H14F2O4. The number of hydrogen-bond donors (Lipinski definition) is 0. The third kappa shape index (κ3) is 3.74. The topological polar surface area (TPSA) is 52.6 Å². The summed E-state index contributed by atoms with van der Waals surface area (Å²) in [6.07, 6.45) is -0.566. The van der Waals surface area contributed by atoms with Crippen LogP contribution in [0.4, 0.5) is 8.78 Å². The van der Waals surface area contributed by atoms with E-state index in [0.717, 1.165) is 0 Å². The second-order valence-corrected chi connectivity index (χ2v) is 3.75. The van der Waals surface area contributed by atoms with Crippen molar-refractivity contribution in [3.63, 3.8) is 0 Å². The molecule has 0 atom stereocenters. The van der Waals surface area contributed by atoms with Crippen LogP contribution in [0.25, 0.3) is 0 Å².